The topological polar surface area (TPSA) is 0 Å². The van der Waals surface area contributed by atoms with Crippen LogP contribution < -0.4 is 5.46 Å². The molecule has 0 aromatic heterocycles. The fourth-order valence-corrected chi connectivity index (χ4v) is 1.41. The van der Waals surface area contributed by atoms with E-state index in [4.69, 9.17) is 0 Å². The molecule has 0 spiro atoms. The predicted molar refractivity (Wildman–Crippen MR) is 60.7 cm³/mol. The van der Waals surface area contributed by atoms with Crippen molar-refractivity contribution in [3.8, 4) is 0 Å². The number of rotatable bonds is 0. The molecule has 12 heavy (non-hydrogen) atoms. The molecule has 0 nitrogen and oxygen atoms in total. The van der Waals surface area contributed by atoms with Crippen LogP contribution in [0.1, 0.15) is 22.3 Å². The van der Waals surface area contributed by atoms with Crippen LogP contribution in [0.25, 0.3) is 0 Å². The van der Waals surface area contributed by atoms with E-state index in [1.165, 1.54) is 27.7 Å². The van der Waals surface area contributed by atoms with Gasteiger partial charge in [-0.05, 0) is 38.8 Å². The second kappa shape index (κ2) is 4.97. The summed E-state index contributed by atoms with van der Waals surface area (Å²) in [5.41, 5.74) is 7.14. The minimum atomic E-state index is 0. The van der Waals surface area contributed by atoms with Crippen LogP contribution in [0.15, 0.2) is 6.07 Å². The molecule has 1 rings (SSSR count). The van der Waals surface area contributed by atoms with Gasteiger partial charge in [-0.3, -0.25) is 0 Å². The van der Waals surface area contributed by atoms with Crippen molar-refractivity contribution < 1.29 is 0 Å². The monoisotopic (exact) mass is 186 g/mol. The van der Waals surface area contributed by atoms with Gasteiger partial charge in [0.05, 0.1) is 0 Å². The third kappa shape index (κ3) is 2.46. The van der Waals surface area contributed by atoms with Crippen molar-refractivity contribution >= 4 is 64.7 Å². The van der Waals surface area contributed by atoms with Gasteiger partial charge in [-0.1, -0.05) is 22.7 Å². The molecule has 0 fully saturated rings. The van der Waals surface area contributed by atoms with Crippen LogP contribution in [0.2, 0.25) is 0 Å². The van der Waals surface area contributed by atoms with Crippen LogP contribution in [0.3, 0.4) is 0 Å². The van der Waals surface area contributed by atoms with Gasteiger partial charge in [-0.25, -0.2) is 0 Å². The van der Waals surface area contributed by atoms with E-state index in [1.807, 2.05) is 0 Å². The Morgan fingerprint density at radius 1 is 0.917 bits per heavy atom. The zero-order valence-electron chi connectivity index (χ0n) is 8.08. The molecule has 0 unspecified atom stereocenters. The summed E-state index contributed by atoms with van der Waals surface area (Å²) in [5.74, 6) is 0. The minimum absolute atomic E-state index is 0. The molecule has 2 heteroatoms. The second-order valence-electron chi connectivity index (χ2n) is 3.39. The summed E-state index contributed by atoms with van der Waals surface area (Å²) in [7, 11) is 2.20. The third-order valence-corrected chi connectivity index (χ3v) is 2.74. The number of hydrogen-bond acceptors (Lipinski definition) is 0. The molecule has 0 aliphatic carbocycles. The Hall–Kier alpha value is 0.921. The Bertz CT molecular complexity index is 266. The van der Waals surface area contributed by atoms with E-state index in [0.29, 0.717) is 0 Å². The first kappa shape index (κ1) is 12.9. The van der Waals surface area contributed by atoms with Crippen molar-refractivity contribution in [3.63, 3.8) is 0 Å². The Labute approximate surface area is 119 Å². The van der Waals surface area contributed by atoms with Gasteiger partial charge in [0, 0.05) is 0 Å². The van der Waals surface area contributed by atoms with Gasteiger partial charge in [0.25, 0.3) is 0 Å². The number of benzene rings is 1. The second-order valence-corrected chi connectivity index (χ2v) is 3.39. The summed E-state index contributed by atoms with van der Waals surface area (Å²) in [6.07, 6.45) is 0. The van der Waals surface area contributed by atoms with Gasteiger partial charge in [0.15, 0.2) is 0 Å². The summed E-state index contributed by atoms with van der Waals surface area (Å²) in [4.78, 5) is 0. The fourth-order valence-electron chi connectivity index (χ4n) is 1.41. The van der Waals surface area contributed by atoms with E-state index in [2.05, 4.69) is 41.6 Å². The molecule has 0 saturated heterocycles. The SMILES string of the molecule is Bc1c(C)c(C)cc(C)c1C.[KH]. The summed E-state index contributed by atoms with van der Waals surface area (Å²) < 4.78 is 0. The first-order valence-electron chi connectivity index (χ1n) is 4.08. The van der Waals surface area contributed by atoms with Gasteiger partial charge in [-0.15, -0.1) is 0 Å². The van der Waals surface area contributed by atoms with E-state index >= 15 is 0 Å². The van der Waals surface area contributed by atoms with Gasteiger partial charge in [0.2, 0.25) is 0 Å². The molecular formula is C10H16BK. The van der Waals surface area contributed by atoms with Crippen molar-refractivity contribution in [1.82, 2.24) is 0 Å². The van der Waals surface area contributed by atoms with Crippen LogP contribution in [-0.2, 0) is 0 Å². The van der Waals surface area contributed by atoms with Crippen LogP contribution in [0, 0.1) is 27.7 Å². The van der Waals surface area contributed by atoms with Crippen molar-refractivity contribution in [3.05, 3.63) is 28.3 Å². The standard InChI is InChI=1S/C10H15B.K.H/c1-6-5-7(2)9(4)10(11)8(6)3;;/h5H,11H2,1-4H3;;. The summed E-state index contributed by atoms with van der Waals surface area (Å²) in [5, 5.41) is 0. The van der Waals surface area contributed by atoms with Crippen molar-refractivity contribution in [2.75, 3.05) is 0 Å². The molecule has 0 heterocycles. The molecule has 1 aromatic carbocycles. The molecular weight excluding hydrogens is 170 g/mol. The molecule has 0 aliphatic rings. The van der Waals surface area contributed by atoms with Crippen molar-refractivity contribution in [2.24, 2.45) is 0 Å². The van der Waals surface area contributed by atoms with Crippen LogP contribution in [0.4, 0.5) is 0 Å². The molecule has 0 atom stereocenters. The van der Waals surface area contributed by atoms with Gasteiger partial charge < -0.3 is 0 Å². The molecule has 60 valence electrons. The molecule has 0 aliphatic heterocycles. The van der Waals surface area contributed by atoms with Gasteiger partial charge in [0.1, 0.15) is 7.85 Å². The molecule has 0 N–H and O–H groups in total. The Morgan fingerprint density at radius 3 is 1.58 bits per heavy atom. The van der Waals surface area contributed by atoms with Crippen molar-refractivity contribution in [1.29, 1.82) is 0 Å². The van der Waals surface area contributed by atoms with Gasteiger partial charge >= 0.3 is 51.4 Å². The summed E-state index contributed by atoms with van der Waals surface area (Å²) in [6, 6.07) is 2.26. The molecule has 0 radical (unpaired) electrons. The maximum absolute atomic E-state index is 2.26. The third-order valence-electron chi connectivity index (χ3n) is 2.74. The molecule has 1 aromatic rings. The number of aryl methyl sites for hydroxylation is 2. The van der Waals surface area contributed by atoms with E-state index in [9.17, 15) is 0 Å². The van der Waals surface area contributed by atoms with Crippen LogP contribution >= 0.6 is 0 Å². The Kier molecular flexibility index (Phi) is 5.35. The van der Waals surface area contributed by atoms with Gasteiger partial charge in [-0.2, -0.15) is 0 Å². The maximum atomic E-state index is 2.26. The first-order chi connectivity index (χ1) is 5.04. The Balaban J connectivity index is 0.00000121. The van der Waals surface area contributed by atoms with Crippen molar-refractivity contribution in [2.45, 2.75) is 27.7 Å². The normalized spacial score (nSPS) is 9.33. The molecule has 0 amide bonds. The molecule has 0 saturated carbocycles. The summed E-state index contributed by atoms with van der Waals surface area (Å²) in [6.45, 7) is 8.73. The van der Waals surface area contributed by atoms with Crippen LogP contribution in [-0.4, -0.2) is 59.2 Å². The predicted octanol–water partition coefficient (Wildman–Crippen LogP) is 0.530. The zero-order chi connectivity index (χ0) is 8.59. The number of hydrogen-bond donors (Lipinski definition) is 0. The van der Waals surface area contributed by atoms with Crippen LogP contribution in [0.5, 0.6) is 0 Å². The quantitative estimate of drug-likeness (QED) is 0.518. The zero-order valence-corrected chi connectivity index (χ0v) is 8.08. The Morgan fingerprint density at radius 2 is 1.25 bits per heavy atom. The van der Waals surface area contributed by atoms with E-state index in [1.54, 1.807) is 0 Å². The fraction of sp³-hybridized carbons (Fsp3) is 0.400. The average molecular weight is 186 g/mol. The van der Waals surface area contributed by atoms with E-state index in [0.717, 1.165) is 0 Å². The average Bonchev–Trinajstić information content (AvgIpc) is 1.97. The van der Waals surface area contributed by atoms with E-state index < -0.39 is 0 Å². The summed E-state index contributed by atoms with van der Waals surface area (Å²) >= 11 is 0. The van der Waals surface area contributed by atoms with E-state index in [-0.39, 0.29) is 51.4 Å². The molecule has 0 bridgehead atoms. The first-order valence-corrected chi connectivity index (χ1v) is 4.08.